The van der Waals surface area contributed by atoms with Crippen LogP contribution in [0.25, 0.3) is 0 Å². The molecule has 1 aliphatic rings. The van der Waals surface area contributed by atoms with Crippen molar-refractivity contribution in [3.63, 3.8) is 0 Å². The topological polar surface area (TPSA) is 29.5 Å². The molecule has 1 heterocycles. The Morgan fingerprint density at radius 2 is 2.06 bits per heavy atom. The number of likely N-dealkylation sites (tertiary alicyclic amines) is 1. The molecule has 1 saturated heterocycles. The lowest BCUT2D eigenvalue weighted by Crippen LogP contribution is -2.31. The van der Waals surface area contributed by atoms with Crippen molar-refractivity contribution in [1.82, 2.24) is 4.90 Å². The van der Waals surface area contributed by atoms with Crippen molar-refractivity contribution in [2.75, 3.05) is 13.6 Å². The maximum absolute atomic E-state index is 11.4. The molecule has 0 aromatic heterocycles. The van der Waals surface area contributed by atoms with Gasteiger partial charge < -0.3 is 4.74 Å². The summed E-state index contributed by atoms with van der Waals surface area (Å²) in [6.07, 6.45) is 0.919. The molecular weight excluding hydrogens is 202 g/mol. The second kappa shape index (κ2) is 4.66. The lowest BCUT2D eigenvalue weighted by Gasteiger charge is -2.14. The first-order chi connectivity index (χ1) is 7.66. The van der Waals surface area contributed by atoms with Gasteiger partial charge in [-0.2, -0.15) is 0 Å². The Balaban J connectivity index is 1.96. The van der Waals surface area contributed by atoms with Gasteiger partial charge in [-0.15, -0.1) is 0 Å². The number of rotatable bonds is 3. The number of ketones is 1. The normalized spacial score (nSPS) is 25.6. The molecule has 1 unspecified atom stereocenters. The maximum atomic E-state index is 11.4. The first kappa shape index (κ1) is 11.1. The molecule has 0 amide bonds. The van der Waals surface area contributed by atoms with Crippen molar-refractivity contribution < 1.29 is 9.53 Å². The van der Waals surface area contributed by atoms with Gasteiger partial charge in [0.05, 0.1) is 6.04 Å². The zero-order valence-corrected chi connectivity index (χ0v) is 9.72. The molecule has 0 N–H and O–H groups in total. The van der Waals surface area contributed by atoms with Gasteiger partial charge in [0.25, 0.3) is 0 Å². The van der Waals surface area contributed by atoms with E-state index < -0.39 is 0 Å². The number of hydrogen-bond donors (Lipinski definition) is 0. The van der Waals surface area contributed by atoms with E-state index in [0.29, 0.717) is 0 Å². The molecule has 0 saturated carbocycles. The summed E-state index contributed by atoms with van der Waals surface area (Å²) in [7, 11) is 1.97. The minimum atomic E-state index is 0.0220. The summed E-state index contributed by atoms with van der Waals surface area (Å²) in [6, 6.07) is 9.79. The van der Waals surface area contributed by atoms with Crippen LogP contribution < -0.4 is 4.74 Å². The highest BCUT2D eigenvalue weighted by molar-refractivity contribution is 5.81. The molecule has 1 aromatic rings. The molecule has 3 nitrogen and oxygen atoms in total. The first-order valence-corrected chi connectivity index (χ1v) is 5.59. The molecule has 0 radical (unpaired) electrons. The number of nitrogens with zero attached hydrogens (tertiary/aromatic N) is 1. The van der Waals surface area contributed by atoms with Gasteiger partial charge in [-0.1, -0.05) is 18.2 Å². The van der Waals surface area contributed by atoms with Crippen LogP contribution in [-0.2, 0) is 4.79 Å². The lowest BCUT2D eigenvalue weighted by atomic mass is 10.1. The van der Waals surface area contributed by atoms with Crippen molar-refractivity contribution in [2.24, 2.45) is 0 Å². The molecule has 1 fully saturated rings. The van der Waals surface area contributed by atoms with Crippen LogP contribution in [0, 0.1) is 0 Å². The summed E-state index contributed by atoms with van der Waals surface area (Å²) >= 11 is 0. The molecule has 0 spiro atoms. The number of hydrogen-bond acceptors (Lipinski definition) is 3. The highest BCUT2D eigenvalue weighted by atomic mass is 16.5. The van der Waals surface area contributed by atoms with Crippen molar-refractivity contribution >= 4 is 5.78 Å². The molecule has 0 aliphatic carbocycles. The third-order valence-electron chi connectivity index (χ3n) is 3.03. The first-order valence-electron chi connectivity index (χ1n) is 5.59. The summed E-state index contributed by atoms with van der Waals surface area (Å²) in [5, 5.41) is 0. The number of carbonyl (C=O) groups excluding carboxylic acids is 1. The number of ether oxygens (including phenoxy) is 1. The molecule has 3 heteroatoms. The van der Waals surface area contributed by atoms with Crippen LogP contribution in [0.4, 0.5) is 0 Å². The third-order valence-corrected chi connectivity index (χ3v) is 3.03. The minimum Gasteiger partial charge on any atom is -0.489 e. The van der Waals surface area contributed by atoms with Crippen LogP contribution in [0.1, 0.15) is 13.3 Å². The molecule has 86 valence electrons. The van der Waals surface area contributed by atoms with Crippen LogP contribution in [0.5, 0.6) is 5.75 Å². The summed E-state index contributed by atoms with van der Waals surface area (Å²) in [5.41, 5.74) is 0. The Hall–Kier alpha value is -1.35. The summed E-state index contributed by atoms with van der Waals surface area (Å²) in [6.45, 7) is 2.46. The Morgan fingerprint density at radius 1 is 1.38 bits per heavy atom. The van der Waals surface area contributed by atoms with E-state index in [9.17, 15) is 4.79 Å². The zero-order valence-electron chi connectivity index (χ0n) is 9.72. The highest BCUT2D eigenvalue weighted by Gasteiger charge is 2.33. The molecule has 2 atom stereocenters. The van der Waals surface area contributed by atoms with E-state index in [-0.39, 0.29) is 17.9 Å². The minimum absolute atomic E-state index is 0.0220. The van der Waals surface area contributed by atoms with Crippen molar-refractivity contribution in [3.05, 3.63) is 30.3 Å². The molecule has 1 aliphatic heterocycles. The number of likely N-dealkylation sites (N-methyl/N-ethyl adjacent to an activating group) is 1. The number of benzene rings is 1. The van der Waals surface area contributed by atoms with Crippen molar-refractivity contribution in [2.45, 2.75) is 25.5 Å². The van der Waals surface area contributed by atoms with Crippen LogP contribution in [-0.4, -0.2) is 36.4 Å². The van der Waals surface area contributed by atoms with Gasteiger partial charge in [0.15, 0.2) is 0 Å². The predicted molar refractivity (Wildman–Crippen MR) is 62.6 cm³/mol. The Labute approximate surface area is 96.0 Å². The van der Waals surface area contributed by atoms with E-state index in [0.717, 1.165) is 18.7 Å². The molecule has 16 heavy (non-hydrogen) atoms. The van der Waals surface area contributed by atoms with E-state index in [1.807, 2.05) is 37.4 Å². The Kier molecular flexibility index (Phi) is 3.25. The van der Waals surface area contributed by atoms with Gasteiger partial charge >= 0.3 is 0 Å². The van der Waals surface area contributed by atoms with Gasteiger partial charge in [0.2, 0.25) is 0 Å². The van der Waals surface area contributed by atoms with E-state index in [1.165, 1.54) is 0 Å². The zero-order chi connectivity index (χ0) is 11.5. The van der Waals surface area contributed by atoms with Gasteiger partial charge in [-0.3, -0.25) is 9.69 Å². The molecule has 2 rings (SSSR count). The lowest BCUT2D eigenvalue weighted by molar-refractivity contribution is -0.120. The average molecular weight is 219 g/mol. The predicted octanol–water partition coefficient (Wildman–Crippen LogP) is 1.73. The summed E-state index contributed by atoms with van der Waals surface area (Å²) in [5.74, 6) is 1.10. The maximum Gasteiger partial charge on any atom is 0.147 e. The standard InChI is InChI=1S/C13H17NO2/c1-10(15)13-8-12(9-14(13)2)16-11-6-4-3-5-7-11/h3-7,12-13H,8-9H2,1-2H3/t12?,13-/m0/s1. The van der Waals surface area contributed by atoms with Gasteiger partial charge in [0.1, 0.15) is 17.6 Å². The monoisotopic (exact) mass is 219 g/mol. The van der Waals surface area contributed by atoms with E-state index in [1.54, 1.807) is 6.92 Å². The Bertz CT molecular complexity index is 363. The van der Waals surface area contributed by atoms with Crippen molar-refractivity contribution in [3.8, 4) is 5.75 Å². The van der Waals surface area contributed by atoms with Crippen LogP contribution in [0.2, 0.25) is 0 Å². The van der Waals surface area contributed by atoms with E-state index >= 15 is 0 Å². The van der Waals surface area contributed by atoms with Crippen LogP contribution in [0.3, 0.4) is 0 Å². The second-order valence-corrected chi connectivity index (χ2v) is 4.35. The molecule has 0 bridgehead atoms. The van der Waals surface area contributed by atoms with E-state index in [4.69, 9.17) is 4.74 Å². The third kappa shape index (κ3) is 2.42. The summed E-state index contributed by atoms with van der Waals surface area (Å²) < 4.78 is 5.83. The van der Waals surface area contributed by atoms with E-state index in [2.05, 4.69) is 4.90 Å². The SMILES string of the molecule is CC(=O)[C@@H]1CC(Oc2ccccc2)CN1C. The quantitative estimate of drug-likeness (QED) is 0.775. The number of carbonyl (C=O) groups is 1. The second-order valence-electron chi connectivity index (χ2n) is 4.35. The van der Waals surface area contributed by atoms with Crippen LogP contribution >= 0.6 is 0 Å². The molecule has 1 aromatic carbocycles. The van der Waals surface area contributed by atoms with Gasteiger partial charge in [-0.25, -0.2) is 0 Å². The van der Waals surface area contributed by atoms with Crippen LogP contribution in [0.15, 0.2) is 30.3 Å². The highest BCUT2D eigenvalue weighted by Crippen LogP contribution is 2.21. The number of Topliss-reactive ketones (excluding diaryl/α,β-unsaturated/α-hetero) is 1. The smallest absolute Gasteiger partial charge is 0.147 e. The van der Waals surface area contributed by atoms with Gasteiger partial charge in [-0.05, 0) is 26.1 Å². The summed E-state index contributed by atoms with van der Waals surface area (Å²) in [4.78, 5) is 13.4. The molecular formula is C13H17NO2. The largest absolute Gasteiger partial charge is 0.489 e. The van der Waals surface area contributed by atoms with Crippen molar-refractivity contribution in [1.29, 1.82) is 0 Å². The fraction of sp³-hybridized carbons (Fsp3) is 0.462. The number of para-hydroxylation sites is 1. The fourth-order valence-corrected chi connectivity index (χ4v) is 2.21. The fourth-order valence-electron chi connectivity index (χ4n) is 2.21. The van der Waals surface area contributed by atoms with Gasteiger partial charge in [0, 0.05) is 13.0 Å². The Morgan fingerprint density at radius 3 is 2.62 bits per heavy atom. The average Bonchev–Trinajstić information content (AvgIpc) is 2.61.